The van der Waals surface area contributed by atoms with Crippen LogP contribution in [0.4, 0.5) is 0 Å². The molecule has 1 heterocycles. The van der Waals surface area contributed by atoms with Crippen LogP contribution in [0.3, 0.4) is 0 Å². The number of aromatic nitrogens is 2. The van der Waals surface area contributed by atoms with Gasteiger partial charge in [0.1, 0.15) is 13.2 Å². The Kier molecular flexibility index (Phi) is 5.70. The molecule has 2 aromatic rings. The van der Waals surface area contributed by atoms with Gasteiger partial charge in [-0.05, 0) is 12.1 Å². The first-order valence-corrected chi connectivity index (χ1v) is 6.88. The molecule has 1 amide bonds. The van der Waals surface area contributed by atoms with Crippen LogP contribution >= 0.6 is 0 Å². The van der Waals surface area contributed by atoms with E-state index < -0.39 is 18.4 Å². The van der Waals surface area contributed by atoms with Crippen molar-refractivity contribution in [3.8, 4) is 11.4 Å². The molecule has 0 aliphatic carbocycles. The molecule has 122 valence electrons. The van der Waals surface area contributed by atoms with E-state index in [9.17, 15) is 9.59 Å². The molecule has 0 unspecified atom stereocenters. The summed E-state index contributed by atoms with van der Waals surface area (Å²) in [6.07, 6.45) is 1.57. The summed E-state index contributed by atoms with van der Waals surface area (Å²) in [6, 6.07) is 9.19. The van der Waals surface area contributed by atoms with E-state index in [0.29, 0.717) is 6.61 Å². The zero-order valence-electron chi connectivity index (χ0n) is 12.6. The van der Waals surface area contributed by atoms with Crippen LogP contribution < -0.4 is 10.1 Å². The molecule has 8 heteroatoms. The normalized spacial score (nSPS) is 10.3. The number of rotatable bonds is 8. The van der Waals surface area contributed by atoms with Crippen molar-refractivity contribution in [1.29, 1.82) is 0 Å². The van der Waals surface area contributed by atoms with Crippen LogP contribution in [-0.4, -0.2) is 53.6 Å². The van der Waals surface area contributed by atoms with Gasteiger partial charge in [0.15, 0.2) is 11.4 Å². The topological polar surface area (TPSA) is 103 Å². The molecule has 8 nitrogen and oxygen atoms in total. The van der Waals surface area contributed by atoms with Crippen LogP contribution in [0, 0.1) is 0 Å². The first-order chi connectivity index (χ1) is 11.1. The maximum Gasteiger partial charge on any atom is 0.322 e. The molecule has 1 aromatic heterocycles. The van der Waals surface area contributed by atoms with Gasteiger partial charge in [-0.2, -0.15) is 5.10 Å². The van der Waals surface area contributed by atoms with E-state index in [2.05, 4.69) is 10.4 Å². The number of para-hydroxylation sites is 1. The van der Waals surface area contributed by atoms with Gasteiger partial charge in [0.25, 0.3) is 5.91 Å². The van der Waals surface area contributed by atoms with Gasteiger partial charge in [0.2, 0.25) is 0 Å². The standard InChI is InChI=1S/C15H17N3O5/c1-22-7-8-23-12-10-18(11-5-3-2-4-6-11)17-14(12)15(21)16-9-13(19)20/h2-6,10H,7-9H2,1H3,(H,16,21)(H,19,20). The van der Waals surface area contributed by atoms with Crippen LogP contribution in [0.15, 0.2) is 36.5 Å². The van der Waals surface area contributed by atoms with Crippen LogP contribution in [0.5, 0.6) is 5.75 Å². The Labute approximate surface area is 132 Å². The average molecular weight is 319 g/mol. The maximum atomic E-state index is 12.1. The highest BCUT2D eigenvalue weighted by atomic mass is 16.5. The van der Waals surface area contributed by atoms with E-state index in [-0.39, 0.29) is 18.1 Å². The van der Waals surface area contributed by atoms with E-state index in [1.54, 1.807) is 6.20 Å². The van der Waals surface area contributed by atoms with Crippen LogP contribution in [0.1, 0.15) is 10.5 Å². The molecule has 2 rings (SSSR count). The third-order valence-electron chi connectivity index (χ3n) is 2.86. The van der Waals surface area contributed by atoms with Gasteiger partial charge in [-0.3, -0.25) is 9.59 Å². The maximum absolute atomic E-state index is 12.1. The van der Waals surface area contributed by atoms with Gasteiger partial charge in [-0.15, -0.1) is 0 Å². The number of ether oxygens (including phenoxy) is 2. The van der Waals surface area contributed by atoms with E-state index in [0.717, 1.165) is 5.69 Å². The van der Waals surface area contributed by atoms with Crippen molar-refractivity contribution in [2.75, 3.05) is 26.9 Å². The zero-order chi connectivity index (χ0) is 16.7. The minimum atomic E-state index is -1.14. The van der Waals surface area contributed by atoms with Gasteiger partial charge in [0.05, 0.1) is 18.5 Å². The first-order valence-electron chi connectivity index (χ1n) is 6.88. The van der Waals surface area contributed by atoms with Crippen molar-refractivity contribution < 1.29 is 24.2 Å². The Morgan fingerprint density at radius 1 is 1.26 bits per heavy atom. The van der Waals surface area contributed by atoms with Crippen LogP contribution in [0.25, 0.3) is 5.69 Å². The van der Waals surface area contributed by atoms with E-state index in [1.165, 1.54) is 11.8 Å². The Balaban J connectivity index is 2.24. The number of hydrogen-bond acceptors (Lipinski definition) is 5. The largest absolute Gasteiger partial charge is 0.487 e. The number of carbonyl (C=O) groups excluding carboxylic acids is 1. The molecule has 1 aromatic carbocycles. The highest BCUT2D eigenvalue weighted by molar-refractivity contribution is 5.96. The van der Waals surface area contributed by atoms with Gasteiger partial charge in [-0.1, -0.05) is 18.2 Å². The van der Waals surface area contributed by atoms with E-state index in [4.69, 9.17) is 14.6 Å². The molecule has 0 radical (unpaired) electrons. The van der Waals surface area contributed by atoms with Crippen molar-refractivity contribution in [1.82, 2.24) is 15.1 Å². The van der Waals surface area contributed by atoms with Gasteiger partial charge in [-0.25, -0.2) is 4.68 Å². The fourth-order valence-electron chi connectivity index (χ4n) is 1.81. The first kappa shape index (κ1) is 16.5. The Morgan fingerprint density at radius 2 is 2.00 bits per heavy atom. The highest BCUT2D eigenvalue weighted by Gasteiger charge is 2.19. The van der Waals surface area contributed by atoms with Gasteiger partial charge in [0, 0.05) is 7.11 Å². The smallest absolute Gasteiger partial charge is 0.322 e. The molecule has 23 heavy (non-hydrogen) atoms. The number of carboxylic acid groups (broad SMARTS) is 1. The molecule has 0 atom stereocenters. The Morgan fingerprint density at radius 3 is 2.65 bits per heavy atom. The molecule has 0 aliphatic heterocycles. The van der Waals surface area contributed by atoms with Crippen molar-refractivity contribution in [2.24, 2.45) is 0 Å². The molecule has 0 aliphatic rings. The highest BCUT2D eigenvalue weighted by Crippen LogP contribution is 2.19. The van der Waals surface area contributed by atoms with Crippen molar-refractivity contribution in [2.45, 2.75) is 0 Å². The number of nitrogens with zero attached hydrogens (tertiary/aromatic N) is 2. The lowest BCUT2D eigenvalue weighted by Crippen LogP contribution is -2.30. The van der Waals surface area contributed by atoms with Gasteiger partial charge < -0.3 is 19.9 Å². The monoisotopic (exact) mass is 319 g/mol. The molecule has 0 saturated heterocycles. The number of methoxy groups -OCH3 is 1. The van der Waals surface area contributed by atoms with Crippen molar-refractivity contribution in [3.05, 3.63) is 42.2 Å². The van der Waals surface area contributed by atoms with Crippen LogP contribution in [-0.2, 0) is 9.53 Å². The minimum absolute atomic E-state index is 0.0196. The van der Waals surface area contributed by atoms with E-state index >= 15 is 0 Å². The second-order valence-electron chi connectivity index (χ2n) is 4.54. The second kappa shape index (κ2) is 7.95. The predicted octanol–water partition coefficient (Wildman–Crippen LogP) is 0.712. The third kappa shape index (κ3) is 4.55. The molecule has 0 bridgehead atoms. The number of carbonyl (C=O) groups is 2. The van der Waals surface area contributed by atoms with E-state index in [1.807, 2.05) is 30.3 Å². The lowest BCUT2D eigenvalue weighted by molar-refractivity contribution is -0.135. The van der Waals surface area contributed by atoms with Crippen molar-refractivity contribution in [3.63, 3.8) is 0 Å². The molecule has 0 fully saturated rings. The number of hydrogen-bond donors (Lipinski definition) is 2. The average Bonchev–Trinajstić information content (AvgIpc) is 2.98. The summed E-state index contributed by atoms with van der Waals surface area (Å²) in [7, 11) is 1.54. The summed E-state index contributed by atoms with van der Waals surface area (Å²) in [6.45, 7) is 0.109. The quantitative estimate of drug-likeness (QED) is 0.695. The summed E-state index contributed by atoms with van der Waals surface area (Å²) in [5, 5.41) is 15.1. The summed E-state index contributed by atoms with van der Waals surface area (Å²) in [5.41, 5.74) is 0.771. The second-order valence-corrected chi connectivity index (χ2v) is 4.54. The molecular weight excluding hydrogens is 302 g/mol. The Hall–Kier alpha value is -2.87. The number of amides is 1. The third-order valence-corrected chi connectivity index (χ3v) is 2.86. The summed E-state index contributed by atoms with van der Waals surface area (Å²) in [5.74, 6) is -1.49. The Bertz CT molecular complexity index is 669. The molecule has 0 spiro atoms. The fourth-order valence-corrected chi connectivity index (χ4v) is 1.81. The molecule has 0 saturated carbocycles. The summed E-state index contributed by atoms with van der Waals surface area (Å²) < 4.78 is 11.9. The lowest BCUT2D eigenvalue weighted by Gasteiger charge is -2.05. The summed E-state index contributed by atoms with van der Waals surface area (Å²) in [4.78, 5) is 22.7. The number of nitrogens with one attached hydrogen (secondary N) is 1. The predicted molar refractivity (Wildman–Crippen MR) is 80.9 cm³/mol. The zero-order valence-corrected chi connectivity index (χ0v) is 12.6. The number of benzene rings is 1. The SMILES string of the molecule is COCCOc1cn(-c2ccccc2)nc1C(=O)NCC(=O)O. The lowest BCUT2D eigenvalue weighted by atomic mass is 10.3. The number of aliphatic carboxylic acids is 1. The number of carboxylic acids is 1. The fraction of sp³-hybridized carbons (Fsp3) is 0.267. The molecule has 2 N–H and O–H groups in total. The van der Waals surface area contributed by atoms with Crippen molar-refractivity contribution >= 4 is 11.9 Å². The van der Waals surface area contributed by atoms with Crippen LogP contribution in [0.2, 0.25) is 0 Å². The summed E-state index contributed by atoms with van der Waals surface area (Å²) >= 11 is 0. The van der Waals surface area contributed by atoms with Gasteiger partial charge >= 0.3 is 5.97 Å². The minimum Gasteiger partial charge on any atom is -0.487 e. The molecular formula is C15H17N3O5.